The molecule has 0 atom stereocenters. The molecule has 0 fully saturated rings. The van der Waals surface area contributed by atoms with E-state index in [1.165, 1.54) is 5.56 Å². The van der Waals surface area contributed by atoms with Crippen LogP contribution in [0.15, 0.2) is 16.7 Å². The van der Waals surface area contributed by atoms with Gasteiger partial charge in [-0.1, -0.05) is 0 Å². The van der Waals surface area contributed by atoms with Crippen molar-refractivity contribution < 1.29 is 4.42 Å². The summed E-state index contributed by atoms with van der Waals surface area (Å²) in [6.45, 7) is 6.11. The Balaban J connectivity index is 2.61. The van der Waals surface area contributed by atoms with E-state index in [9.17, 15) is 0 Å². The second-order valence-electron chi connectivity index (χ2n) is 3.91. The number of hydrogen-bond acceptors (Lipinski definition) is 3. The molecule has 0 saturated heterocycles. The lowest BCUT2D eigenvalue weighted by atomic mass is 10.2. The Morgan fingerprint density at radius 3 is 2.79 bits per heavy atom. The van der Waals surface area contributed by atoms with Crippen molar-refractivity contribution in [3.63, 3.8) is 0 Å². The first-order chi connectivity index (χ1) is 6.65. The van der Waals surface area contributed by atoms with Crippen LogP contribution in [0.3, 0.4) is 0 Å². The molecule has 80 valence electrons. The van der Waals surface area contributed by atoms with E-state index in [2.05, 4.69) is 31.1 Å². The molecular weight excluding hydrogens is 176 g/mol. The molecular formula is C11H20N2O. The minimum Gasteiger partial charge on any atom is -0.468 e. The quantitative estimate of drug-likeness (QED) is 0.779. The molecule has 1 N–H and O–H groups in total. The number of hydrogen-bond donors (Lipinski definition) is 1. The van der Waals surface area contributed by atoms with Crippen LogP contribution >= 0.6 is 0 Å². The zero-order valence-electron chi connectivity index (χ0n) is 9.50. The Morgan fingerprint density at radius 1 is 1.50 bits per heavy atom. The van der Waals surface area contributed by atoms with Crippen molar-refractivity contribution in [2.45, 2.75) is 33.0 Å². The van der Waals surface area contributed by atoms with Crippen molar-refractivity contribution in [2.24, 2.45) is 0 Å². The van der Waals surface area contributed by atoms with Gasteiger partial charge in [-0.25, -0.2) is 0 Å². The van der Waals surface area contributed by atoms with E-state index in [1.807, 2.05) is 13.1 Å². The number of nitrogens with one attached hydrogen (secondary N) is 1. The lowest BCUT2D eigenvalue weighted by Gasteiger charge is -2.20. The topological polar surface area (TPSA) is 28.4 Å². The van der Waals surface area contributed by atoms with Crippen LogP contribution in [0, 0.1) is 0 Å². The molecule has 14 heavy (non-hydrogen) atoms. The second-order valence-corrected chi connectivity index (χ2v) is 3.91. The van der Waals surface area contributed by atoms with Gasteiger partial charge >= 0.3 is 0 Å². The summed E-state index contributed by atoms with van der Waals surface area (Å²) in [5, 5.41) is 3.13. The van der Waals surface area contributed by atoms with Gasteiger partial charge in [-0.2, -0.15) is 0 Å². The summed E-state index contributed by atoms with van der Waals surface area (Å²) in [7, 11) is 4.05. The van der Waals surface area contributed by atoms with Gasteiger partial charge in [0.15, 0.2) is 0 Å². The van der Waals surface area contributed by atoms with E-state index < -0.39 is 0 Å². The van der Waals surface area contributed by atoms with E-state index in [0.717, 1.165) is 18.8 Å². The zero-order valence-corrected chi connectivity index (χ0v) is 9.50. The zero-order chi connectivity index (χ0) is 10.6. The van der Waals surface area contributed by atoms with Crippen LogP contribution in [-0.4, -0.2) is 25.0 Å². The van der Waals surface area contributed by atoms with E-state index in [1.54, 1.807) is 6.26 Å². The number of nitrogens with zero attached hydrogens (tertiary/aromatic N) is 1. The number of rotatable bonds is 5. The molecule has 0 bridgehead atoms. The lowest BCUT2D eigenvalue weighted by Crippen LogP contribution is -2.26. The monoisotopic (exact) mass is 196 g/mol. The third-order valence-corrected chi connectivity index (χ3v) is 2.48. The molecule has 1 rings (SSSR count). The van der Waals surface area contributed by atoms with Crippen molar-refractivity contribution in [3.8, 4) is 0 Å². The van der Waals surface area contributed by atoms with Crippen LogP contribution in [0.5, 0.6) is 0 Å². The van der Waals surface area contributed by atoms with Gasteiger partial charge < -0.3 is 9.73 Å². The van der Waals surface area contributed by atoms with Gasteiger partial charge in [0, 0.05) is 18.2 Å². The summed E-state index contributed by atoms with van der Waals surface area (Å²) < 4.78 is 5.46. The molecule has 3 nitrogen and oxygen atoms in total. The highest BCUT2D eigenvalue weighted by Gasteiger charge is 2.10. The van der Waals surface area contributed by atoms with Gasteiger partial charge in [0.25, 0.3) is 0 Å². The molecule has 0 spiro atoms. The van der Waals surface area contributed by atoms with Crippen molar-refractivity contribution in [1.29, 1.82) is 0 Å². The summed E-state index contributed by atoms with van der Waals surface area (Å²) in [4.78, 5) is 2.26. The highest BCUT2D eigenvalue weighted by atomic mass is 16.3. The third kappa shape index (κ3) is 2.86. The second kappa shape index (κ2) is 5.17. The average Bonchev–Trinajstić information content (AvgIpc) is 2.53. The maximum Gasteiger partial charge on any atom is 0.122 e. The summed E-state index contributed by atoms with van der Waals surface area (Å²) in [5.74, 6) is 1.07. The molecule has 0 saturated carbocycles. The Kier molecular flexibility index (Phi) is 4.17. The maximum absolute atomic E-state index is 5.46. The molecule has 1 heterocycles. The minimum absolute atomic E-state index is 0.544. The van der Waals surface area contributed by atoms with Crippen LogP contribution in [-0.2, 0) is 13.1 Å². The normalized spacial score (nSPS) is 11.6. The molecule has 1 aromatic heterocycles. The third-order valence-electron chi connectivity index (χ3n) is 2.48. The Labute approximate surface area is 86.1 Å². The van der Waals surface area contributed by atoms with Crippen molar-refractivity contribution >= 4 is 0 Å². The van der Waals surface area contributed by atoms with E-state index in [-0.39, 0.29) is 0 Å². The molecule has 0 amide bonds. The fourth-order valence-electron chi connectivity index (χ4n) is 1.26. The highest BCUT2D eigenvalue weighted by Crippen LogP contribution is 2.13. The van der Waals surface area contributed by atoms with E-state index in [0.29, 0.717) is 6.04 Å². The Bertz CT molecular complexity index is 268. The first-order valence-corrected chi connectivity index (χ1v) is 5.05. The first-order valence-electron chi connectivity index (χ1n) is 5.05. The fourth-order valence-corrected chi connectivity index (χ4v) is 1.26. The Morgan fingerprint density at radius 2 is 2.21 bits per heavy atom. The van der Waals surface area contributed by atoms with Crippen molar-refractivity contribution in [3.05, 3.63) is 23.7 Å². The van der Waals surface area contributed by atoms with Crippen molar-refractivity contribution in [1.82, 2.24) is 10.2 Å². The Hall–Kier alpha value is -0.800. The van der Waals surface area contributed by atoms with Crippen LogP contribution in [0.1, 0.15) is 25.2 Å². The summed E-state index contributed by atoms with van der Waals surface area (Å²) in [5.41, 5.74) is 1.25. The first kappa shape index (κ1) is 11.3. The van der Waals surface area contributed by atoms with Crippen LogP contribution in [0.25, 0.3) is 0 Å². The summed E-state index contributed by atoms with van der Waals surface area (Å²) >= 11 is 0. The van der Waals surface area contributed by atoms with E-state index in [4.69, 9.17) is 4.42 Å². The summed E-state index contributed by atoms with van der Waals surface area (Å²) in [6, 6.07) is 2.57. The van der Waals surface area contributed by atoms with Crippen LogP contribution in [0.2, 0.25) is 0 Å². The van der Waals surface area contributed by atoms with Gasteiger partial charge in [0.05, 0.1) is 12.8 Å². The van der Waals surface area contributed by atoms with Crippen LogP contribution < -0.4 is 5.32 Å². The van der Waals surface area contributed by atoms with Crippen molar-refractivity contribution in [2.75, 3.05) is 14.1 Å². The maximum atomic E-state index is 5.46. The lowest BCUT2D eigenvalue weighted by molar-refractivity contribution is 0.242. The molecule has 0 aliphatic heterocycles. The minimum atomic E-state index is 0.544. The molecule has 1 aromatic rings. The SMILES string of the molecule is CNCc1ccoc1CN(C)C(C)C. The summed E-state index contributed by atoms with van der Waals surface area (Å²) in [6.07, 6.45) is 1.76. The van der Waals surface area contributed by atoms with Gasteiger partial charge in [0.1, 0.15) is 5.76 Å². The van der Waals surface area contributed by atoms with Gasteiger partial charge in [0.2, 0.25) is 0 Å². The predicted octanol–water partition coefficient (Wildman–Crippen LogP) is 1.84. The predicted molar refractivity (Wildman–Crippen MR) is 58.1 cm³/mol. The molecule has 0 aliphatic rings. The molecule has 0 radical (unpaired) electrons. The van der Waals surface area contributed by atoms with Gasteiger partial charge in [-0.05, 0) is 34.0 Å². The van der Waals surface area contributed by atoms with Gasteiger partial charge in [-0.15, -0.1) is 0 Å². The standard InChI is InChI=1S/C11H20N2O/c1-9(2)13(4)8-11-10(7-12-3)5-6-14-11/h5-6,9,12H,7-8H2,1-4H3. The molecule has 0 unspecified atom stereocenters. The molecule has 3 heteroatoms. The highest BCUT2D eigenvalue weighted by molar-refractivity contribution is 5.16. The average molecular weight is 196 g/mol. The smallest absolute Gasteiger partial charge is 0.122 e. The van der Waals surface area contributed by atoms with E-state index >= 15 is 0 Å². The largest absolute Gasteiger partial charge is 0.468 e. The fraction of sp³-hybridized carbons (Fsp3) is 0.636. The molecule has 0 aliphatic carbocycles. The number of furan rings is 1. The van der Waals surface area contributed by atoms with Gasteiger partial charge in [-0.3, -0.25) is 4.90 Å². The van der Waals surface area contributed by atoms with Crippen LogP contribution in [0.4, 0.5) is 0 Å². The molecule has 0 aromatic carbocycles.